The third-order valence-electron chi connectivity index (χ3n) is 0.663. The summed E-state index contributed by atoms with van der Waals surface area (Å²) in [6.45, 7) is 0. The summed E-state index contributed by atoms with van der Waals surface area (Å²) in [5.74, 6) is 0.0735. The highest BCUT2D eigenvalue weighted by atomic mass is 127. The highest BCUT2D eigenvalue weighted by Gasteiger charge is 2.01. The van der Waals surface area contributed by atoms with Gasteiger partial charge in [0.25, 0.3) is 0 Å². The maximum absolute atomic E-state index is 8.78. The average Bonchev–Trinajstić information content (AvgIpc) is 2.14. The van der Waals surface area contributed by atoms with Gasteiger partial charge in [-0.3, -0.25) is 0 Å². The van der Waals surface area contributed by atoms with Crippen molar-refractivity contribution in [1.82, 2.24) is 8.75 Å². The number of nitrogens with zero attached hydrogens (tertiary/aromatic N) is 2. The number of aromatic hydroxyl groups is 1. The minimum Gasteiger partial charge on any atom is -0.491 e. The summed E-state index contributed by atoms with van der Waals surface area (Å²) in [4.78, 5) is 0. The molecule has 44 valence electrons. The molecule has 3 nitrogen and oxygen atoms in total. The molecule has 0 aliphatic rings. The molecular weight excluding hydrogens is 239 g/mol. The fourth-order valence-electron chi connectivity index (χ4n) is 0.286. The summed E-state index contributed by atoms with van der Waals surface area (Å²) < 4.78 is 8.10. The molecule has 0 radical (unpaired) electrons. The Kier molecular flexibility index (Phi) is 2.01. The van der Waals surface area contributed by atoms with Crippen LogP contribution >= 0.6 is 34.3 Å². The molecule has 1 heterocycles. The molecule has 1 aromatic heterocycles. The van der Waals surface area contributed by atoms with Gasteiger partial charge in [-0.05, 0) is 0 Å². The van der Waals surface area contributed by atoms with Crippen molar-refractivity contribution in [2.45, 2.75) is 4.43 Å². The van der Waals surface area contributed by atoms with Gasteiger partial charge in [-0.25, -0.2) is 0 Å². The first-order chi connectivity index (χ1) is 3.84. The zero-order valence-corrected chi connectivity index (χ0v) is 6.81. The van der Waals surface area contributed by atoms with Crippen molar-refractivity contribution in [1.29, 1.82) is 0 Å². The highest BCUT2D eigenvalue weighted by molar-refractivity contribution is 14.1. The molecule has 5 heteroatoms. The Bertz CT molecular complexity index is 178. The van der Waals surface area contributed by atoms with Gasteiger partial charge in [-0.1, -0.05) is 22.6 Å². The van der Waals surface area contributed by atoms with Crippen LogP contribution in [-0.2, 0) is 4.43 Å². The normalized spacial score (nSPS) is 9.62. The summed E-state index contributed by atoms with van der Waals surface area (Å²) in [6.07, 6.45) is 0. The highest BCUT2D eigenvalue weighted by Crippen LogP contribution is 2.15. The monoisotopic (exact) mass is 242 g/mol. The van der Waals surface area contributed by atoms with E-state index in [1.807, 2.05) is 0 Å². The molecule has 0 saturated carbocycles. The lowest BCUT2D eigenvalue weighted by molar-refractivity contribution is 0.454. The molecule has 0 atom stereocenters. The Morgan fingerprint density at radius 1 is 1.62 bits per heavy atom. The van der Waals surface area contributed by atoms with Crippen LogP contribution in [0.3, 0.4) is 0 Å². The fraction of sp³-hybridized carbons (Fsp3) is 0.333. The maximum Gasteiger partial charge on any atom is 0.247 e. The van der Waals surface area contributed by atoms with Crippen LogP contribution in [0.1, 0.15) is 5.69 Å². The molecule has 0 aliphatic carbocycles. The Morgan fingerprint density at radius 2 is 2.38 bits per heavy atom. The molecule has 1 N–H and O–H groups in total. The predicted molar refractivity (Wildman–Crippen MR) is 39.3 cm³/mol. The smallest absolute Gasteiger partial charge is 0.247 e. The number of aromatic nitrogens is 2. The van der Waals surface area contributed by atoms with Gasteiger partial charge in [-0.2, -0.15) is 4.37 Å². The molecule has 0 fully saturated rings. The molecule has 0 aliphatic heterocycles. The topological polar surface area (TPSA) is 46.0 Å². The van der Waals surface area contributed by atoms with Crippen LogP contribution in [0.5, 0.6) is 5.88 Å². The van der Waals surface area contributed by atoms with Crippen LogP contribution in [-0.4, -0.2) is 13.9 Å². The Morgan fingerprint density at radius 3 is 2.62 bits per heavy atom. The summed E-state index contributed by atoms with van der Waals surface area (Å²) >= 11 is 3.16. The van der Waals surface area contributed by atoms with Gasteiger partial charge in [0, 0.05) is 4.43 Å². The Labute approximate surface area is 64.2 Å². The second-order valence-electron chi connectivity index (χ2n) is 1.17. The van der Waals surface area contributed by atoms with E-state index in [2.05, 4.69) is 31.3 Å². The number of alkyl halides is 1. The summed E-state index contributed by atoms with van der Waals surface area (Å²) in [5.41, 5.74) is 0.676. The van der Waals surface area contributed by atoms with Gasteiger partial charge in [0.1, 0.15) is 5.69 Å². The van der Waals surface area contributed by atoms with Crippen LogP contribution in [0.4, 0.5) is 0 Å². The van der Waals surface area contributed by atoms with Crippen molar-refractivity contribution in [3.63, 3.8) is 0 Å². The van der Waals surface area contributed by atoms with E-state index in [-0.39, 0.29) is 5.88 Å². The summed E-state index contributed by atoms with van der Waals surface area (Å²) in [6, 6.07) is 0. The largest absolute Gasteiger partial charge is 0.491 e. The number of rotatable bonds is 1. The minimum atomic E-state index is 0.0735. The molecule has 0 aromatic carbocycles. The van der Waals surface area contributed by atoms with Gasteiger partial charge in [-0.15, -0.1) is 4.37 Å². The molecule has 8 heavy (non-hydrogen) atoms. The van der Waals surface area contributed by atoms with Crippen LogP contribution in [0.25, 0.3) is 0 Å². The van der Waals surface area contributed by atoms with Gasteiger partial charge < -0.3 is 5.11 Å². The van der Waals surface area contributed by atoms with E-state index in [1.165, 1.54) is 0 Å². The third-order valence-corrected chi connectivity index (χ3v) is 1.94. The first kappa shape index (κ1) is 6.21. The zero-order valence-electron chi connectivity index (χ0n) is 3.83. The SMILES string of the molecule is Oc1nsnc1CI. The van der Waals surface area contributed by atoms with Crippen molar-refractivity contribution in [3.8, 4) is 5.88 Å². The molecule has 0 spiro atoms. The van der Waals surface area contributed by atoms with Crippen molar-refractivity contribution < 1.29 is 5.11 Å². The quantitative estimate of drug-likeness (QED) is 0.594. The maximum atomic E-state index is 8.78. The summed E-state index contributed by atoms with van der Waals surface area (Å²) in [7, 11) is 0. The fourth-order valence-corrected chi connectivity index (χ4v) is 1.50. The van der Waals surface area contributed by atoms with Crippen LogP contribution < -0.4 is 0 Å². The van der Waals surface area contributed by atoms with Gasteiger partial charge in [0.2, 0.25) is 5.88 Å². The van der Waals surface area contributed by atoms with E-state index in [0.717, 1.165) is 16.2 Å². The van der Waals surface area contributed by atoms with Crippen molar-refractivity contribution >= 4 is 34.3 Å². The zero-order chi connectivity index (χ0) is 5.98. The van der Waals surface area contributed by atoms with E-state index < -0.39 is 0 Å². The van der Waals surface area contributed by atoms with Crippen molar-refractivity contribution in [3.05, 3.63) is 5.69 Å². The number of hydrogen-bond acceptors (Lipinski definition) is 4. The predicted octanol–water partition coefficient (Wildman–Crippen LogP) is 1.18. The molecule has 0 bridgehead atoms. The lowest BCUT2D eigenvalue weighted by Crippen LogP contribution is -1.73. The van der Waals surface area contributed by atoms with Crippen molar-refractivity contribution in [2.75, 3.05) is 0 Å². The molecule has 0 amide bonds. The van der Waals surface area contributed by atoms with Crippen LogP contribution in [0.15, 0.2) is 0 Å². The van der Waals surface area contributed by atoms with Gasteiger partial charge in [0.05, 0.1) is 11.7 Å². The lowest BCUT2D eigenvalue weighted by Gasteiger charge is -1.81. The second-order valence-corrected chi connectivity index (χ2v) is 2.46. The van der Waals surface area contributed by atoms with Gasteiger partial charge >= 0.3 is 0 Å². The van der Waals surface area contributed by atoms with E-state index in [4.69, 9.17) is 5.11 Å². The van der Waals surface area contributed by atoms with E-state index in [1.54, 1.807) is 0 Å². The first-order valence-electron chi connectivity index (χ1n) is 1.91. The van der Waals surface area contributed by atoms with E-state index in [0.29, 0.717) is 5.69 Å². The van der Waals surface area contributed by atoms with E-state index >= 15 is 0 Å². The Balaban J connectivity index is 2.92. The van der Waals surface area contributed by atoms with E-state index in [9.17, 15) is 0 Å². The van der Waals surface area contributed by atoms with Crippen LogP contribution in [0, 0.1) is 0 Å². The summed E-state index contributed by atoms with van der Waals surface area (Å²) in [5, 5.41) is 8.78. The molecular formula is C3H3IN2OS. The first-order valence-corrected chi connectivity index (χ1v) is 4.16. The number of hydrogen-bond donors (Lipinski definition) is 1. The molecule has 1 aromatic rings. The third kappa shape index (κ3) is 1.08. The average molecular weight is 242 g/mol. The molecule has 1 rings (SSSR count). The van der Waals surface area contributed by atoms with Gasteiger partial charge in [0.15, 0.2) is 0 Å². The molecule has 0 saturated heterocycles. The second kappa shape index (κ2) is 2.58. The van der Waals surface area contributed by atoms with Crippen LogP contribution in [0.2, 0.25) is 0 Å². The number of halogens is 1. The lowest BCUT2D eigenvalue weighted by atomic mass is 10.5. The minimum absolute atomic E-state index is 0.0735. The van der Waals surface area contributed by atoms with Crippen molar-refractivity contribution in [2.24, 2.45) is 0 Å². The standard InChI is InChI=1S/C3H3IN2OS/c4-1-2-3(7)6-8-5-2/h1H2,(H,6,7). The Hall–Kier alpha value is 0.0900. The molecule has 0 unspecified atom stereocenters.